The summed E-state index contributed by atoms with van der Waals surface area (Å²) in [6, 6.07) is 11.6. The van der Waals surface area contributed by atoms with Crippen molar-refractivity contribution in [2.24, 2.45) is 0 Å². The Hall–Kier alpha value is -1.67. The van der Waals surface area contributed by atoms with Crippen LogP contribution in [0.1, 0.15) is 40.8 Å². The van der Waals surface area contributed by atoms with Crippen LogP contribution in [0, 0.1) is 26.6 Å². The van der Waals surface area contributed by atoms with Gasteiger partial charge < -0.3 is 5.32 Å². The molecule has 0 bridgehead atoms. The molecule has 0 heterocycles. The van der Waals surface area contributed by atoms with Crippen molar-refractivity contribution in [1.29, 1.82) is 0 Å². The van der Waals surface area contributed by atoms with Gasteiger partial charge in [-0.15, -0.1) is 0 Å². The third-order valence-corrected chi connectivity index (χ3v) is 3.64. The molecule has 0 aromatic heterocycles. The topological polar surface area (TPSA) is 12.0 Å². The van der Waals surface area contributed by atoms with Crippen molar-refractivity contribution in [3.8, 4) is 0 Å². The highest BCUT2D eigenvalue weighted by molar-refractivity contribution is 5.42. The first kappa shape index (κ1) is 14.7. The maximum Gasteiger partial charge on any atom is 0.123 e. The molecule has 0 saturated heterocycles. The fraction of sp³-hybridized carbons (Fsp3) is 0.333. The monoisotopic (exact) mass is 271 g/mol. The second kappa shape index (κ2) is 6.19. The molecular formula is C18H22FN. The fourth-order valence-electron chi connectivity index (χ4n) is 2.80. The zero-order valence-electron chi connectivity index (χ0n) is 12.6. The molecule has 1 nitrogen and oxygen atoms in total. The first-order chi connectivity index (χ1) is 9.52. The molecule has 2 aromatic carbocycles. The summed E-state index contributed by atoms with van der Waals surface area (Å²) in [4.78, 5) is 0. The zero-order chi connectivity index (χ0) is 14.7. The number of aryl methyl sites for hydroxylation is 3. The van der Waals surface area contributed by atoms with Crippen molar-refractivity contribution in [2.75, 3.05) is 6.54 Å². The Kier molecular flexibility index (Phi) is 4.56. The lowest BCUT2D eigenvalue weighted by Crippen LogP contribution is -2.24. The van der Waals surface area contributed by atoms with Crippen molar-refractivity contribution in [3.05, 3.63) is 70.0 Å². The number of nitrogens with one attached hydrogen (secondary N) is 1. The van der Waals surface area contributed by atoms with E-state index < -0.39 is 0 Å². The molecule has 2 aromatic rings. The highest BCUT2D eigenvalue weighted by Gasteiger charge is 2.18. The molecule has 2 heteroatoms. The molecule has 0 aliphatic carbocycles. The fourth-order valence-corrected chi connectivity index (χ4v) is 2.80. The molecule has 1 N–H and O–H groups in total. The molecule has 1 unspecified atom stereocenters. The highest BCUT2D eigenvalue weighted by Crippen LogP contribution is 2.28. The Morgan fingerprint density at radius 2 is 1.70 bits per heavy atom. The Balaban J connectivity index is 2.56. The van der Waals surface area contributed by atoms with Gasteiger partial charge in [0.2, 0.25) is 0 Å². The number of hydrogen-bond acceptors (Lipinski definition) is 1. The van der Waals surface area contributed by atoms with Crippen molar-refractivity contribution in [2.45, 2.75) is 33.7 Å². The first-order valence-corrected chi connectivity index (χ1v) is 7.09. The van der Waals surface area contributed by atoms with E-state index in [1.165, 1.54) is 16.7 Å². The van der Waals surface area contributed by atoms with Crippen molar-refractivity contribution in [1.82, 2.24) is 5.32 Å². The molecule has 0 fully saturated rings. The number of halogens is 1. The SMILES string of the molecule is CCNC(c1cc(C)cc(F)c1)c1c(C)cccc1C. The Morgan fingerprint density at radius 3 is 2.25 bits per heavy atom. The lowest BCUT2D eigenvalue weighted by Gasteiger charge is -2.23. The highest BCUT2D eigenvalue weighted by atomic mass is 19.1. The minimum Gasteiger partial charge on any atom is -0.307 e. The second-order valence-electron chi connectivity index (χ2n) is 5.36. The van der Waals surface area contributed by atoms with Gasteiger partial charge in [0.25, 0.3) is 0 Å². The van der Waals surface area contributed by atoms with Gasteiger partial charge in [-0.3, -0.25) is 0 Å². The van der Waals surface area contributed by atoms with Gasteiger partial charge in [0.05, 0.1) is 6.04 Å². The summed E-state index contributed by atoms with van der Waals surface area (Å²) in [5.41, 5.74) is 5.66. The van der Waals surface area contributed by atoms with Crippen LogP contribution in [0.2, 0.25) is 0 Å². The maximum atomic E-state index is 13.7. The van der Waals surface area contributed by atoms with Gasteiger partial charge >= 0.3 is 0 Å². The van der Waals surface area contributed by atoms with Gasteiger partial charge in [-0.25, -0.2) is 4.39 Å². The Bertz CT molecular complexity index is 564. The molecule has 0 amide bonds. The van der Waals surface area contributed by atoms with Crippen LogP contribution in [0.25, 0.3) is 0 Å². The third-order valence-electron chi connectivity index (χ3n) is 3.64. The summed E-state index contributed by atoms with van der Waals surface area (Å²) in [5.74, 6) is -0.172. The quantitative estimate of drug-likeness (QED) is 0.866. The van der Waals surface area contributed by atoms with E-state index in [4.69, 9.17) is 0 Å². The third kappa shape index (κ3) is 3.07. The van der Waals surface area contributed by atoms with E-state index in [0.717, 1.165) is 17.7 Å². The lowest BCUT2D eigenvalue weighted by molar-refractivity contribution is 0.599. The average Bonchev–Trinajstić information content (AvgIpc) is 2.36. The Labute approximate surface area is 120 Å². The molecule has 106 valence electrons. The molecular weight excluding hydrogens is 249 g/mol. The molecule has 2 rings (SSSR count). The van der Waals surface area contributed by atoms with Crippen LogP contribution in [0.4, 0.5) is 4.39 Å². The van der Waals surface area contributed by atoms with Crippen LogP contribution in [0.3, 0.4) is 0 Å². The normalized spacial score (nSPS) is 12.4. The van der Waals surface area contributed by atoms with Gasteiger partial charge in [-0.05, 0) is 67.3 Å². The molecule has 0 aliphatic rings. The van der Waals surface area contributed by atoms with E-state index in [2.05, 4.69) is 50.4 Å². The summed E-state index contributed by atoms with van der Waals surface area (Å²) >= 11 is 0. The average molecular weight is 271 g/mol. The lowest BCUT2D eigenvalue weighted by atomic mass is 9.90. The summed E-state index contributed by atoms with van der Waals surface area (Å²) in [6.07, 6.45) is 0. The van der Waals surface area contributed by atoms with E-state index in [1.54, 1.807) is 12.1 Å². The molecule has 1 atom stereocenters. The zero-order valence-corrected chi connectivity index (χ0v) is 12.6. The van der Waals surface area contributed by atoms with Gasteiger partial charge in [0.1, 0.15) is 5.82 Å². The van der Waals surface area contributed by atoms with Gasteiger partial charge in [-0.1, -0.05) is 31.2 Å². The van der Waals surface area contributed by atoms with E-state index in [0.29, 0.717) is 0 Å². The van der Waals surface area contributed by atoms with E-state index >= 15 is 0 Å². The summed E-state index contributed by atoms with van der Waals surface area (Å²) < 4.78 is 13.7. The number of benzene rings is 2. The van der Waals surface area contributed by atoms with Crippen LogP contribution in [-0.2, 0) is 0 Å². The minimum absolute atomic E-state index is 0.0376. The molecule has 20 heavy (non-hydrogen) atoms. The molecule has 0 aliphatic heterocycles. The van der Waals surface area contributed by atoms with Gasteiger partial charge in [0, 0.05) is 0 Å². The predicted octanol–water partition coefficient (Wildman–Crippen LogP) is 4.45. The van der Waals surface area contributed by atoms with Crippen LogP contribution < -0.4 is 5.32 Å². The van der Waals surface area contributed by atoms with E-state index in [9.17, 15) is 4.39 Å². The van der Waals surface area contributed by atoms with Crippen molar-refractivity contribution < 1.29 is 4.39 Å². The standard InChI is InChI=1S/C18H22FN/c1-5-20-18(15-9-12(2)10-16(19)11-15)17-13(3)7-6-8-14(17)4/h6-11,18,20H,5H2,1-4H3. The maximum absolute atomic E-state index is 13.7. The van der Waals surface area contributed by atoms with Crippen LogP contribution >= 0.6 is 0 Å². The molecule has 0 saturated carbocycles. The summed E-state index contributed by atoms with van der Waals surface area (Å²) in [5, 5.41) is 3.48. The van der Waals surface area contributed by atoms with Crippen LogP contribution in [0.15, 0.2) is 36.4 Å². The summed E-state index contributed by atoms with van der Waals surface area (Å²) in [7, 11) is 0. The van der Waals surface area contributed by atoms with Crippen molar-refractivity contribution >= 4 is 0 Å². The smallest absolute Gasteiger partial charge is 0.123 e. The van der Waals surface area contributed by atoms with Crippen LogP contribution in [0.5, 0.6) is 0 Å². The van der Waals surface area contributed by atoms with Crippen LogP contribution in [-0.4, -0.2) is 6.54 Å². The van der Waals surface area contributed by atoms with Gasteiger partial charge in [-0.2, -0.15) is 0 Å². The number of rotatable bonds is 4. The molecule has 0 spiro atoms. The Morgan fingerprint density at radius 1 is 1.05 bits per heavy atom. The largest absolute Gasteiger partial charge is 0.307 e. The predicted molar refractivity (Wildman–Crippen MR) is 82.6 cm³/mol. The minimum atomic E-state index is -0.172. The second-order valence-corrected chi connectivity index (χ2v) is 5.36. The first-order valence-electron chi connectivity index (χ1n) is 7.09. The van der Waals surface area contributed by atoms with Crippen molar-refractivity contribution in [3.63, 3.8) is 0 Å². The van der Waals surface area contributed by atoms with E-state index in [-0.39, 0.29) is 11.9 Å². The van der Waals surface area contributed by atoms with Gasteiger partial charge in [0.15, 0.2) is 0 Å². The molecule has 0 radical (unpaired) electrons. The number of hydrogen-bond donors (Lipinski definition) is 1. The van der Waals surface area contributed by atoms with E-state index in [1.807, 2.05) is 6.92 Å². The summed E-state index contributed by atoms with van der Waals surface area (Å²) in [6.45, 7) is 9.07.